The SMILES string of the molecule is CCc1ccc(C(=O)NCc2nc(N(C)C)nc(N3CCCC3)n2)cc1. The van der Waals surface area contributed by atoms with Crippen LogP contribution in [-0.2, 0) is 13.0 Å². The van der Waals surface area contributed by atoms with E-state index in [0.717, 1.165) is 32.4 Å². The Morgan fingerprint density at radius 1 is 1.12 bits per heavy atom. The second-order valence-electron chi connectivity index (χ2n) is 6.67. The molecule has 2 aromatic rings. The van der Waals surface area contributed by atoms with Gasteiger partial charge < -0.3 is 15.1 Å². The van der Waals surface area contributed by atoms with Crippen LogP contribution in [0.25, 0.3) is 0 Å². The van der Waals surface area contributed by atoms with Gasteiger partial charge in [0.25, 0.3) is 5.91 Å². The molecule has 1 fully saturated rings. The molecule has 3 rings (SSSR count). The Hall–Kier alpha value is -2.70. The van der Waals surface area contributed by atoms with Crippen molar-refractivity contribution in [3.05, 3.63) is 41.2 Å². The molecule has 0 unspecified atom stereocenters. The molecule has 0 aliphatic carbocycles. The number of amides is 1. The minimum Gasteiger partial charge on any atom is -0.347 e. The van der Waals surface area contributed by atoms with E-state index >= 15 is 0 Å². The highest BCUT2D eigenvalue weighted by Crippen LogP contribution is 2.18. The van der Waals surface area contributed by atoms with Crippen LogP contribution in [0.5, 0.6) is 0 Å². The van der Waals surface area contributed by atoms with Gasteiger partial charge in [-0.1, -0.05) is 19.1 Å². The molecule has 1 aliphatic heterocycles. The second-order valence-corrected chi connectivity index (χ2v) is 6.67. The number of hydrogen-bond donors (Lipinski definition) is 1. The van der Waals surface area contributed by atoms with Crippen molar-refractivity contribution in [1.82, 2.24) is 20.3 Å². The van der Waals surface area contributed by atoms with Crippen LogP contribution in [0.15, 0.2) is 24.3 Å². The average molecular weight is 354 g/mol. The fourth-order valence-electron chi connectivity index (χ4n) is 2.89. The Bertz CT molecular complexity index is 753. The number of aromatic nitrogens is 3. The van der Waals surface area contributed by atoms with Crippen LogP contribution in [0, 0.1) is 0 Å². The van der Waals surface area contributed by atoms with E-state index in [4.69, 9.17) is 0 Å². The molecule has 0 spiro atoms. The first kappa shape index (κ1) is 18.1. The quantitative estimate of drug-likeness (QED) is 0.856. The number of carbonyl (C=O) groups excluding carboxylic acids is 1. The molecule has 26 heavy (non-hydrogen) atoms. The highest BCUT2D eigenvalue weighted by Gasteiger charge is 2.18. The van der Waals surface area contributed by atoms with Gasteiger partial charge in [0.2, 0.25) is 11.9 Å². The van der Waals surface area contributed by atoms with Gasteiger partial charge in [0.1, 0.15) is 0 Å². The number of carbonyl (C=O) groups is 1. The Balaban J connectivity index is 1.72. The smallest absolute Gasteiger partial charge is 0.251 e. The summed E-state index contributed by atoms with van der Waals surface area (Å²) in [5.41, 5.74) is 1.86. The summed E-state index contributed by atoms with van der Waals surface area (Å²) in [7, 11) is 3.81. The Morgan fingerprint density at radius 2 is 1.81 bits per heavy atom. The maximum Gasteiger partial charge on any atom is 0.251 e. The van der Waals surface area contributed by atoms with Gasteiger partial charge >= 0.3 is 0 Å². The van der Waals surface area contributed by atoms with Crippen molar-refractivity contribution in [2.45, 2.75) is 32.7 Å². The lowest BCUT2D eigenvalue weighted by Crippen LogP contribution is -2.27. The van der Waals surface area contributed by atoms with Crippen molar-refractivity contribution in [2.24, 2.45) is 0 Å². The third-order valence-corrected chi connectivity index (χ3v) is 4.48. The van der Waals surface area contributed by atoms with E-state index in [0.29, 0.717) is 23.3 Å². The van der Waals surface area contributed by atoms with Gasteiger partial charge in [-0.05, 0) is 37.0 Å². The lowest BCUT2D eigenvalue weighted by molar-refractivity contribution is 0.0950. The van der Waals surface area contributed by atoms with Crippen LogP contribution < -0.4 is 15.1 Å². The Kier molecular flexibility index (Phi) is 5.65. The largest absolute Gasteiger partial charge is 0.347 e. The summed E-state index contributed by atoms with van der Waals surface area (Å²) in [4.78, 5) is 30.0. The second kappa shape index (κ2) is 8.12. The maximum absolute atomic E-state index is 12.4. The van der Waals surface area contributed by atoms with Crippen LogP contribution in [0.3, 0.4) is 0 Å². The topological polar surface area (TPSA) is 74.2 Å². The molecule has 7 heteroatoms. The standard InChI is InChI=1S/C19H26N6O/c1-4-14-7-9-15(10-8-14)17(26)20-13-16-21-18(24(2)3)23-19(22-16)25-11-5-6-12-25/h7-10H,4-6,11-13H2,1-3H3,(H,20,26). The Morgan fingerprint density at radius 3 is 2.42 bits per heavy atom. The van der Waals surface area contributed by atoms with Crippen molar-refractivity contribution in [3.63, 3.8) is 0 Å². The molecule has 0 bridgehead atoms. The summed E-state index contributed by atoms with van der Waals surface area (Å²) in [5.74, 6) is 1.75. The molecular formula is C19H26N6O. The predicted molar refractivity (Wildman–Crippen MR) is 103 cm³/mol. The van der Waals surface area contributed by atoms with Gasteiger partial charge in [-0.2, -0.15) is 15.0 Å². The van der Waals surface area contributed by atoms with Crippen LogP contribution in [0.2, 0.25) is 0 Å². The number of aryl methyl sites for hydroxylation is 1. The van der Waals surface area contributed by atoms with E-state index in [1.807, 2.05) is 43.3 Å². The minimum atomic E-state index is -0.123. The molecule has 1 aliphatic rings. The maximum atomic E-state index is 12.4. The molecule has 7 nitrogen and oxygen atoms in total. The van der Waals surface area contributed by atoms with Crippen LogP contribution >= 0.6 is 0 Å². The summed E-state index contributed by atoms with van der Waals surface area (Å²) in [6, 6.07) is 7.66. The van der Waals surface area contributed by atoms with Gasteiger partial charge in [0.05, 0.1) is 6.54 Å². The first-order chi connectivity index (χ1) is 12.6. The van der Waals surface area contributed by atoms with Crippen molar-refractivity contribution >= 4 is 17.8 Å². The third-order valence-electron chi connectivity index (χ3n) is 4.48. The zero-order chi connectivity index (χ0) is 18.5. The van der Waals surface area contributed by atoms with Crippen LogP contribution in [0.4, 0.5) is 11.9 Å². The van der Waals surface area contributed by atoms with Crippen LogP contribution in [0.1, 0.15) is 41.5 Å². The molecule has 0 atom stereocenters. The van der Waals surface area contributed by atoms with Crippen molar-refractivity contribution < 1.29 is 4.79 Å². The molecule has 138 valence electrons. The number of nitrogens with zero attached hydrogens (tertiary/aromatic N) is 5. The van der Waals surface area contributed by atoms with E-state index in [9.17, 15) is 4.79 Å². The first-order valence-electron chi connectivity index (χ1n) is 9.11. The van der Waals surface area contributed by atoms with E-state index in [1.165, 1.54) is 5.56 Å². The average Bonchev–Trinajstić information content (AvgIpc) is 3.20. The van der Waals surface area contributed by atoms with Crippen molar-refractivity contribution in [1.29, 1.82) is 0 Å². The molecule has 2 heterocycles. The normalized spacial score (nSPS) is 13.7. The summed E-state index contributed by atoms with van der Waals surface area (Å²) in [5, 5.41) is 2.91. The number of benzene rings is 1. The fourth-order valence-corrected chi connectivity index (χ4v) is 2.89. The molecule has 1 saturated heterocycles. The van der Waals surface area contributed by atoms with Gasteiger partial charge in [-0.25, -0.2) is 0 Å². The highest BCUT2D eigenvalue weighted by atomic mass is 16.1. The lowest BCUT2D eigenvalue weighted by atomic mass is 10.1. The number of hydrogen-bond acceptors (Lipinski definition) is 6. The summed E-state index contributed by atoms with van der Waals surface area (Å²) in [6.07, 6.45) is 3.27. The van der Waals surface area contributed by atoms with E-state index < -0.39 is 0 Å². The van der Waals surface area contributed by atoms with Crippen LogP contribution in [-0.4, -0.2) is 48.0 Å². The first-order valence-corrected chi connectivity index (χ1v) is 9.11. The van der Waals surface area contributed by atoms with Crippen molar-refractivity contribution in [2.75, 3.05) is 37.0 Å². The van der Waals surface area contributed by atoms with Gasteiger partial charge in [0, 0.05) is 32.7 Å². The Labute approximate surface area is 154 Å². The zero-order valence-corrected chi connectivity index (χ0v) is 15.7. The number of anilines is 2. The van der Waals surface area contributed by atoms with E-state index in [2.05, 4.69) is 32.1 Å². The highest BCUT2D eigenvalue weighted by molar-refractivity contribution is 5.94. The monoisotopic (exact) mass is 354 g/mol. The molecule has 1 N–H and O–H groups in total. The summed E-state index contributed by atoms with van der Waals surface area (Å²) in [6.45, 7) is 4.30. The third kappa shape index (κ3) is 4.28. The fraction of sp³-hybridized carbons (Fsp3) is 0.474. The molecular weight excluding hydrogens is 328 g/mol. The van der Waals surface area contributed by atoms with E-state index in [-0.39, 0.29) is 12.5 Å². The predicted octanol–water partition coefficient (Wildman–Crippen LogP) is 2.03. The molecule has 1 amide bonds. The van der Waals surface area contributed by atoms with Gasteiger partial charge in [-0.3, -0.25) is 4.79 Å². The molecule has 0 saturated carbocycles. The minimum absolute atomic E-state index is 0.123. The van der Waals surface area contributed by atoms with Crippen molar-refractivity contribution in [3.8, 4) is 0 Å². The van der Waals surface area contributed by atoms with E-state index in [1.54, 1.807) is 0 Å². The van der Waals surface area contributed by atoms with Gasteiger partial charge in [0.15, 0.2) is 5.82 Å². The van der Waals surface area contributed by atoms with Gasteiger partial charge in [-0.15, -0.1) is 0 Å². The summed E-state index contributed by atoms with van der Waals surface area (Å²) >= 11 is 0. The number of rotatable bonds is 6. The number of nitrogens with one attached hydrogen (secondary N) is 1. The lowest BCUT2D eigenvalue weighted by Gasteiger charge is -2.19. The molecule has 1 aromatic carbocycles. The summed E-state index contributed by atoms with van der Waals surface area (Å²) < 4.78 is 0. The zero-order valence-electron chi connectivity index (χ0n) is 15.7. The molecule has 1 aromatic heterocycles. The molecule has 0 radical (unpaired) electrons.